The highest BCUT2D eigenvalue weighted by atomic mass is 35.5. The van der Waals surface area contributed by atoms with Crippen molar-refractivity contribution in [3.05, 3.63) is 34.3 Å². The molecule has 0 saturated carbocycles. The minimum absolute atomic E-state index is 0.0242. The summed E-state index contributed by atoms with van der Waals surface area (Å²) in [7, 11) is 0. The molecule has 0 radical (unpaired) electrons. The van der Waals surface area contributed by atoms with Crippen LogP contribution in [-0.2, 0) is 4.79 Å². The summed E-state index contributed by atoms with van der Waals surface area (Å²) in [4.78, 5) is 32.6. The largest absolute Gasteiger partial charge is 0.478 e. The van der Waals surface area contributed by atoms with Crippen LogP contribution >= 0.6 is 11.6 Å². The van der Waals surface area contributed by atoms with Gasteiger partial charge >= 0.3 is 5.97 Å². The predicted molar refractivity (Wildman–Crippen MR) is 61.4 cm³/mol. The molecular formula is C11H10ClNO4. The third-order valence-electron chi connectivity index (χ3n) is 2.02. The summed E-state index contributed by atoms with van der Waals surface area (Å²) in [5, 5.41) is 11.1. The lowest BCUT2D eigenvalue weighted by Crippen LogP contribution is -2.33. The standard InChI is InChI=1S/C11H10ClNO4/c1-6(5-14)13-10(15)7-2-3-8(11(16)17)9(12)4-7/h2-6H,1H3,(H,13,15)(H,16,17). The van der Waals surface area contributed by atoms with Crippen molar-refractivity contribution in [2.24, 2.45) is 0 Å². The van der Waals surface area contributed by atoms with Crippen molar-refractivity contribution in [1.29, 1.82) is 0 Å². The van der Waals surface area contributed by atoms with E-state index in [1.165, 1.54) is 25.1 Å². The summed E-state index contributed by atoms with van der Waals surface area (Å²) in [6.07, 6.45) is 0.588. The van der Waals surface area contributed by atoms with Crippen molar-refractivity contribution < 1.29 is 19.5 Å². The first kappa shape index (κ1) is 13.2. The highest BCUT2D eigenvalue weighted by Crippen LogP contribution is 2.17. The lowest BCUT2D eigenvalue weighted by Gasteiger charge is -2.08. The number of aromatic carboxylic acids is 1. The molecule has 1 amide bonds. The molecule has 0 bridgehead atoms. The monoisotopic (exact) mass is 255 g/mol. The Kier molecular flexibility index (Phi) is 4.23. The van der Waals surface area contributed by atoms with E-state index in [0.29, 0.717) is 6.29 Å². The molecule has 1 aromatic carbocycles. The molecule has 0 heterocycles. The maximum atomic E-state index is 11.6. The number of carboxylic acid groups (broad SMARTS) is 1. The average molecular weight is 256 g/mol. The molecule has 5 nitrogen and oxygen atoms in total. The minimum Gasteiger partial charge on any atom is -0.478 e. The quantitative estimate of drug-likeness (QED) is 0.796. The number of hydrogen-bond donors (Lipinski definition) is 2. The molecule has 1 aromatic rings. The highest BCUT2D eigenvalue weighted by molar-refractivity contribution is 6.33. The Labute approximate surface area is 102 Å². The number of aldehydes is 1. The first-order valence-electron chi connectivity index (χ1n) is 4.74. The Morgan fingerprint density at radius 2 is 2.12 bits per heavy atom. The van der Waals surface area contributed by atoms with E-state index in [1.807, 2.05) is 0 Å². The van der Waals surface area contributed by atoms with Crippen molar-refractivity contribution in [2.75, 3.05) is 0 Å². The Bertz CT molecular complexity index is 473. The van der Waals surface area contributed by atoms with Gasteiger partial charge in [-0.05, 0) is 25.1 Å². The molecule has 0 fully saturated rings. The maximum Gasteiger partial charge on any atom is 0.337 e. The van der Waals surface area contributed by atoms with Gasteiger partial charge in [0.1, 0.15) is 6.29 Å². The second-order valence-electron chi connectivity index (χ2n) is 3.40. The van der Waals surface area contributed by atoms with Crippen LogP contribution in [0.5, 0.6) is 0 Å². The Morgan fingerprint density at radius 1 is 1.47 bits per heavy atom. The van der Waals surface area contributed by atoms with E-state index >= 15 is 0 Å². The van der Waals surface area contributed by atoms with E-state index in [-0.39, 0.29) is 16.1 Å². The number of carboxylic acids is 1. The molecule has 6 heteroatoms. The molecule has 0 aliphatic rings. The van der Waals surface area contributed by atoms with Gasteiger partial charge in [-0.15, -0.1) is 0 Å². The molecule has 2 N–H and O–H groups in total. The Hall–Kier alpha value is -1.88. The van der Waals surface area contributed by atoms with Crippen molar-refractivity contribution in [3.63, 3.8) is 0 Å². The number of carbonyl (C=O) groups is 3. The molecule has 1 unspecified atom stereocenters. The molecule has 0 aliphatic carbocycles. The Balaban J connectivity index is 2.94. The van der Waals surface area contributed by atoms with Crippen LogP contribution in [0.2, 0.25) is 5.02 Å². The van der Waals surface area contributed by atoms with E-state index in [0.717, 1.165) is 0 Å². The SMILES string of the molecule is CC(C=O)NC(=O)c1ccc(C(=O)O)c(Cl)c1. The van der Waals surface area contributed by atoms with Crippen LogP contribution in [0.1, 0.15) is 27.6 Å². The van der Waals surface area contributed by atoms with E-state index in [4.69, 9.17) is 16.7 Å². The topological polar surface area (TPSA) is 83.5 Å². The van der Waals surface area contributed by atoms with Crippen LogP contribution in [0, 0.1) is 0 Å². The van der Waals surface area contributed by atoms with Gasteiger partial charge in [-0.2, -0.15) is 0 Å². The molecular weight excluding hydrogens is 246 g/mol. The fourth-order valence-electron chi connectivity index (χ4n) is 1.15. The summed E-state index contributed by atoms with van der Waals surface area (Å²) in [6, 6.07) is 3.21. The molecule has 0 saturated heterocycles. The normalized spacial score (nSPS) is 11.6. The molecule has 0 spiro atoms. The van der Waals surface area contributed by atoms with Gasteiger partial charge in [-0.3, -0.25) is 4.79 Å². The van der Waals surface area contributed by atoms with E-state index < -0.39 is 17.9 Å². The first-order valence-corrected chi connectivity index (χ1v) is 5.12. The molecule has 90 valence electrons. The minimum atomic E-state index is -1.16. The van der Waals surface area contributed by atoms with Gasteiger partial charge in [0.15, 0.2) is 0 Å². The van der Waals surface area contributed by atoms with Crippen molar-refractivity contribution in [3.8, 4) is 0 Å². The number of carbonyl (C=O) groups excluding carboxylic acids is 2. The second-order valence-corrected chi connectivity index (χ2v) is 3.81. The van der Waals surface area contributed by atoms with Crippen LogP contribution in [0.15, 0.2) is 18.2 Å². The van der Waals surface area contributed by atoms with Crippen LogP contribution in [0.25, 0.3) is 0 Å². The zero-order valence-electron chi connectivity index (χ0n) is 8.94. The first-order chi connectivity index (χ1) is 7.95. The number of amides is 1. The zero-order valence-corrected chi connectivity index (χ0v) is 9.69. The molecule has 1 rings (SSSR count). The third kappa shape index (κ3) is 3.29. The number of halogens is 1. The lowest BCUT2D eigenvalue weighted by atomic mass is 10.1. The van der Waals surface area contributed by atoms with Gasteiger partial charge in [0, 0.05) is 5.56 Å². The van der Waals surface area contributed by atoms with E-state index in [9.17, 15) is 14.4 Å². The van der Waals surface area contributed by atoms with Gasteiger partial charge in [0.05, 0.1) is 16.6 Å². The number of benzene rings is 1. The summed E-state index contributed by atoms with van der Waals surface area (Å²) < 4.78 is 0. The summed E-state index contributed by atoms with van der Waals surface area (Å²) >= 11 is 5.71. The number of nitrogens with one attached hydrogen (secondary N) is 1. The smallest absolute Gasteiger partial charge is 0.337 e. The van der Waals surface area contributed by atoms with Crippen LogP contribution in [-0.4, -0.2) is 29.3 Å². The third-order valence-corrected chi connectivity index (χ3v) is 2.34. The average Bonchev–Trinajstić information content (AvgIpc) is 2.28. The van der Waals surface area contributed by atoms with Crippen LogP contribution < -0.4 is 5.32 Å². The van der Waals surface area contributed by atoms with E-state index in [2.05, 4.69) is 5.32 Å². The fourth-order valence-corrected chi connectivity index (χ4v) is 1.42. The highest BCUT2D eigenvalue weighted by Gasteiger charge is 2.13. The number of hydrogen-bond acceptors (Lipinski definition) is 3. The summed E-state index contributed by atoms with van der Waals surface area (Å²) in [6.45, 7) is 1.53. The molecule has 0 aliphatic heterocycles. The maximum absolute atomic E-state index is 11.6. The zero-order chi connectivity index (χ0) is 13.0. The second kappa shape index (κ2) is 5.45. The summed E-state index contributed by atoms with van der Waals surface area (Å²) in [5.41, 5.74) is 0.125. The van der Waals surface area contributed by atoms with Gasteiger partial charge in [0.2, 0.25) is 0 Å². The molecule has 0 aromatic heterocycles. The van der Waals surface area contributed by atoms with Crippen molar-refractivity contribution >= 4 is 29.8 Å². The van der Waals surface area contributed by atoms with Gasteiger partial charge in [-0.25, -0.2) is 4.79 Å². The number of rotatable bonds is 4. The van der Waals surface area contributed by atoms with Crippen molar-refractivity contribution in [1.82, 2.24) is 5.32 Å². The van der Waals surface area contributed by atoms with Crippen molar-refractivity contribution in [2.45, 2.75) is 13.0 Å². The predicted octanol–water partition coefficient (Wildman–Crippen LogP) is 1.36. The molecule has 17 heavy (non-hydrogen) atoms. The van der Waals surface area contributed by atoms with Gasteiger partial charge < -0.3 is 15.2 Å². The molecule has 1 atom stereocenters. The van der Waals surface area contributed by atoms with Crippen LogP contribution in [0.3, 0.4) is 0 Å². The summed E-state index contributed by atoms with van der Waals surface area (Å²) in [5.74, 6) is -1.65. The van der Waals surface area contributed by atoms with Gasteiger partial charge in [-0.1, -0.05) is 11.6 Å². The lowest BCUT2D eigenvalue weighted by molar-refractivity contribution is -0.109. The fraction of sp³-hybridized carbons (Fsp3) is 0.182. The Morgan fingerprint density at radius 3 is 2.59 bits per heavy atom. The van der Waals surface area contributed by atoms with Crippen LogP contribution in [0.4, 0.5) is 0 Å². The van der Waals surface area contributed by atoms with E-state index in [1.54, 1.807) is 0 Å². The van der Waals surface area contributed by atoms with Gasteiger partial charge in [0.25, 0.3) is 5.91 Å².